The molecule has 1 heterocycles. The molecule has 0 saturated heterocycles. The van der Waals surface area contributed by atoms with Crippen LogP contribution in [0.3, 0.4) is 0 Å². The van der Waals surface area contributed by atoms with Crippen molar-refractivity contribution in [1.82, 2.24) is 4.98 Å². The number of anilines is 1. The van der Waals surface area contributed by atoms with Gasteiger partial charge in [-0.1, -0.05) is 29.8 Å². The van der Waals surface area contributed by atoms with Crippen LogP contribution in [0, 0.1) is 0 Å². The molecule has 0 amide bonds. The Morgan fingerprint density at radius 1 is 1.17 bits per heavy atom. The number of benzene rings is 2. The van der Waals surface area contributed by atoms with Crippen LogP contribution in [0.2, 0.25) is 5.02 Å². The van der Waals surface area contributed by atoms with E-state index in [4.69, 9.17) is 11.6 Å². The Morgan fingerprint density at radius 3 is 2.62 bits per heavy atom. The van der Waals surface area contributed by atoms with Crippen LogP contribution in [-0.2, 0) is 6.54 Å². The van der Waals surface area contributed by atoms with Crippen LogP contribution in [0.4, 0.5) is 14.5 Å². The highest BCUT2D eigenvalue weighted by Gasteiger charge is 2.16. The molecule has 3 nitrogen and oxygen atoms in total. The number of fused-ring (bicyclic) bond motifs is 1. The Hall–Kier alpha value is -2.40. The van der Waals surface area contributed by atoms with Crippen LogP contribution in [0.1, 0.15) is 17.7 Å². The van der Waals surface area contributed by atoms with Gasteiger partial charge in [0.05, 0.1) is 5.52 Å². The number of aromatic hydroxyl groups is 1. The fraction of sp³-hybridized carbons (Fsp3) is 0.167. The Morgan fingerprint density at radius 2 is 1.92 bits per heavy atom. The van der Waals surface area contributed by atoms with Crippen molar-refractivity contribution in [3.8, 4) is 5.75 Å². The second kappa shape index (κ2) is 6.61. The van der Waals surface area contributed by atoms with Crippen molar-refractivity contribution in [2.45, 2.75) is 13.0 Å². The first-order valence-electron chi connectivity index (χ1n) is 7.32. The summed E-state index contributed by atoms with van der Waals surface area (Å²) < 4.78 is 26.3. The first-order valence-corrected chi connectivity index (χ1v) is 7.70. The van der Waals surface area contributed by atoms with Gasteiger partial charge in [-0.2, -0.15) is 0 Å². The number of phenolic OH excluding ortho intramolecular Hbond substituents is 1. The van der Waals surface area contributed by atoms with Crippen molar-refractivity contribution in [2.75, 3.05) is 11.9 Å². The van der Waals surface area contributed by atoms with Gasteiger partial charge in [0.2, 0.25) is 0 Å². The largest absolute Gasteiger partial charge is 0.508 e. The lowest BCUT2D eigenvalue weighted by atomic mass is 10.1. The van der Waals surface area contributed by atoms with Crippen LogP contribution >= 0.6 is 11.6 Å². The predicted molar refractivity (Wildman–Crippen MR) is 91.9 cm³/mol. The van der Waals surface area contributed by atoms with E-state index in [0.29, 0.717) is 33.7 Å². The number of alkyl halides is 2. The molecule has 0 aliphatic rings. The van der Waals surface area contributed by atoms with E-state index < -0.39 is 6.43 Å². The maximum absolute atomic E-state index is 13.2. The van der Waals surface area contributed by atoms with E-state index in [9.17, 15) is 13.9 Å². The highest BCUT2D eigenvalue weighted by Crippen LogP contribution is 2.33. The average Bonchev–Trinajstić information content (AvgIpc) is 2.55. The van der Waals surface area contributed by atoms with E-state index in [-0.39, 0.29) is 11.4 Å². The van der Waals surface area contributed by atoms with Gasteiger partial charge < -0.3 is 10.0 Å². The summed E-state index contributed by atoms with van der Waals surface area (Å²) in [7, 11) is 1.78. The molecule has 0 bridgehead atoms. The highest BCUT2D eigenvalue weighted by molar-refractivity contribution is 6.31. The summed E-state index contributed by atoms with van der Waals surface area (Å²) in [5.41, 5.74) is 1.45. The average molecular weight is 349 g/mol. The minimum atomic E-state index is -2.66. The number of halogens is 3. The number of para-hydroxylation sites is 1. The molecular weight excluding hydrogens is 334 g/mol. The van der Waals surface area contributed by atoms with Crippen molar-refractivity contribution in [3.63, 3.8) is 0 Å². The second-order valence-corrected chi connectivity index (χ2v) is 5.95. The molecule has 0 unspecified atom stereocenters. The molecule has 1 aromatic heterocycles. The number of phenols is 1. The molecule has 0 fully saturated rings. The van der Waals surface area contributed by atoms with Crippen molar-refractivity contribution < 1.29 is 13.9 Å². The monoisotopic (exact) mass is 348 g/mol. The first-order chi connectivity index (χ1) is 11.5. The van der Waals surface area contributed by atoms with Crippen LogP contribution in [0.25, 0.3) is 10.9 Å². The summed E-state index contributed by atoms with van der Waals surface area (Å²) in [5, 5.41) is 11.1. The molecule has 24 heavy (non-hydrogen) atoms. The van der Waals surface area contributed by atoms with Gasteiger partial charge in [0.1, 0.15) is 11.4 Å². The lowest BCUT2D eigenvalue weighted by Crippen LogP contribution is -2.17. The topological polar surface area (TPSA) is 36.4 Å². The van der Waals surface area contributed by atoms with Gasteiger partial charge in [0.25, 0.3) is 6.43 Å². The molecular formula is C18H15ClF2N2O. The van der Waals surface area contributed by atoms with E-state index in [0.717, 1.165) is 0 Å². The summed E-state index contributed by atoms with van der Waals surface area (Å²) in [6.07, 6.45) is -2.66. The first kappa shape index (κ1) is 16.5. The normalized spacial score (nSPS) is 11.2. The molecule has 2 aromatic carbocycles. The number of pyridine rings is 1. The van der Waals surface area contributed by atoms with Crippen LogP contribution in [0.5, 0.6) is 5.75 Å². The van der Waals surface area contributed by atoms with Gasteiger partial charge in [0, 0.05) is 35.3 Å². The Labute approximate surface area is 143 Å². The zero-order valence-electron chi connectivity index (χ0n) is 12.9. The number of rotatable bonds is 4. The number of hydrogen-bond donors (Lipinski definition) is 1. The number of aromatic nitrogens is 1. The number of nitrogens with zero attached hydrogens (tertiary/aromatic N) is 2. The fourth-order valence-electron chi connectivity index (χ4n) is 2.61. The van der Waals surface area contributed by atoms with Crippen molar-refractivity contribution >= 4 is 28.2 Å². The van der Waals surface area contributed by atoms with Gasteiger partial charge in [-0.3, -0.25) is 0 Å². The van der Waals surface area contributed by atoms with E-state index in [1.165, 1.54) is 6.07 Å². The number of hydrogen-bond acceptors (Lipinski definition) is 3. The molecule has 3 rings (SSSR count). The summed E-state index contributed by atoms with van der Waals surface area (Å²) in [6, 6.07) is 13.2. The quantitative estimate of drug-likeness (QED) is 0.706. The maximum atomic E-state index is 13.2. The third kappa shape index (κ3) is 3.26. The zero-order chi connectivity index (χ0) is 17.3. The lowest BCUT2D eigenvalue weighted by Gasteiger charge is -2.22. The highest BCUT2D eigenvalue weighted by atomic mass is 35.5. The fourth-order valence-corrected chi connectivity index (χ4v) is 2.79. The predicted octanol–water partition coefficient (Wildman–Crippen LogP) is 5.17. The summed E-state index contributed by atoms with van der Waals surface area (Å²) in [5.74, 6) is 0.162. The minimum Gasteiger partial charge on any atom is -0.508 e. The molecule has 6 heteroatoms. The maximum Gasteiger partial charge on any atom is 0.280 e. The van der Waals surface area contributed by atoms with Crippen LogP contribution in [-0.4, -0.2) is 17.1 Å². The van der Waals surface area contributed by atoms with Gasteiger partial charge >= 0.3 is 0 Å². The van der Waals surface area contributed by atoms with Crippen LogP contribution < -0.4 is 4.90 Å². The van der Waals surface area contributed by atoms with E-state index in [1.807, 2.05) is 6.07 Å². The summed E-state index contributed by atoms with van der Waals surface area (Å²) in [6.45, 7) is 0.362. The molecule has 1 N–H and O–H groups in total. The van der Waals surface area contributed by atoms with E-state index in [2.05, 4.69) is 4.98 Å². The molecule has 0 atom stereocenters. The summed E-state index contributed by atoms with van der Waals surface area (Å²) >= 11 is 6.05. The SMILES string of the molecule is CN(Cc1ccccc1O)c1cc(C(F)F)nc2ccc(Cl)cc12. The molecule has 0 radical (unpaired) electrons. The standard InChI is InChI=1S/C18H15ClF2N2O/c1-23(10-11-4-2-3-5-17(11)24)16-9-15(18(20)21)22-14-7-6-12(19)8-13(14)16/h2-9,18,24H,10H2,1H3. The van der Waals surface area contributed by atoms with Gasteiger partial charge in [0.15, 0.2) is 0 Å². The molecule has 0 saturated carbocycles. The Kier molecular flexibility index (Phi) is 4.53. The lowest BCUT2D eigenvalue weighted by molar-refractivity contribution is 0.146. The minimum absolute atomic E-state index is 0.162. The third-order valence-corrected chi connectivity index (χ3v) is 4.04. The summed E-state index contributed by atoms with van der Waals surface area (Å²) in [4.78, 5) is 5.79. The van der Waals surface area contributed by atoms with Crippen molar-refractivity contribution in [3.05, 3.63) is 64.8 Å². The Bertz CT molecular complexity index is 886. The molecule has 124 valence electrons. The molecule has 3 aromatic rings. The molecule has 0 aliphatic carbocycles. The van der Waals surface area contributed by atoms with Gasteiger partial charge in [-0.05, 0) is 30.3 Å². The van der Waals surface area contributed by atoms with Gasteiger partial charge in [-0.15, -0.1) is 0 Å². The smallest absolute Gasteiger partial charge is 0.280 e. The van der Waals surface area contributed by atoms with Crippen LogP contribution in [0.15, 0.2) is 48.5 Å². The molecule has 0 spiro atoms. The van der Waals surface area contributed by atoms with Crippen molar-refractivity contribution in [1.29, 1.82) is 0 Å². The van der Waals surface area contributed by atoms with E-state index in [1.54, 1.807) is 48.3 Å². The van der Waals surface area contributed by atoms with Crippen molar-refractivity contribution in [2.24, 2.45) is 0 Å². The Balaban J connectivity index is 2.09. The van der Waals surface area contributed by atoms with E-state index >= 15 is 0 Å². The van der Waals surface area contributed by atoms with Gasteiger partial charge in [-0.25, -0.2) is 13.8 Å². The third-order valence-electron chi connectivity index (χ3n) is 3.80. The zero-order valence-corrected chi connectivity index (χ0v) is 13.6. The molecule has 0 aliphatic heterocycles. The second-order valence-electron chi connectivity index (χ2n) is 5.51.